The number of aromatic nitrogens is 2. The molecule has 0 atom stereocenters. The van der Waals surface area contributed by atoms with Gasteiger partial charge in [0.05, 0.1) is 20.3 Å². The van der Waals surface area contributed by atoms with Gasteiger partial charge in [0.25, 0.3) is 5.91 Å². The van der Waals surface area contributed by atoms with Crippen LogP contribution in [0.15, 0.2) is 73.6 Å². The highest BCUT2D eigenvalue weighted by atomic mass is 16.5. The molecule has 0 bridgehead atoms. The molecule has 8 heteroatoms. The molecule has 5 rings (SSSR count). The van der Waals surface area contributed by atoms with Crippen LogP contribution in [0.4, 0.5) is 0 Å². The molecule has 2 aliphatic heterocycles. The highest BCUT2D eigenvalue weighted by molar-refractivity contribution is 6.00. The summed E-state index contributed by atoms with van der Waals surface area (Å²) < 4.78 is 11.0. The molecule has 3 aromatic rings. The van der Waals surface area contributed by atoms with E-state index in [1.54, 1.807) is 19.4 Å². The number of nitrogens with one attached hydrogen (secondary N) is 1. The third kappa shape index (κ3) is 6.14. The number of pyridine rings is 1. The quantitative estimate of drug-likeness (QED) is 0.337. The van der Waals surface area contributed by atoms with Gasteiger partial charge in [0.1, 0.15) is 11.4 Å². The van der Waals surface area contributed by atoms with Gasteiger partial charge in [-0.2, -0.15) is 0 Å². The van der Waals surface area contributed by atoms with Gasteiger partial charge in [0, 0.05) is 92.4 Å². The third-order valence-electron chi connectivity index (χ3n) is 7.59. The van der Waals surface area contributed by atoms with Crippen LogP contribution in [-0.2, 0) is 9.53 Å². The van der Waals surface area contributed by atoms with E-state index < -0.39 is 0 Å². The van der Waals surface area contributed by atoms with Crippen molar-refractivity contribution >= 4 is 22.5 Å². The van der Waals surface area contributed by atoms with Crippen molar-refractivity contribution in [3.8, 4) is 16.9 Å². The monoisotopic (exact) mass is 527 g/mol. The SMILES string of the molecule is C=C/C(=C\C(=C)c1cnc2[nH]cc(-c3ccccc3OC)c2c1)C(=O)N1CCN(CCN2CCOCC2)CC1. The lowest BCUT2D eigenvalue weighted by Crippen LogP contribution is -2.51. The van der Waals surface area contributed by atoms with Crippen molar-refractivity contribution in [1.29, 1.82) is 0 Å². The van der Waals surface area contributed by atoms with E-state index in [0.29, 0.717) is 24.2 Å². The van der Waals surface area contributed by atoms with Gasteiger partial charge < -0.3 is 19.4 Å². The lowest BCUT2D eigenvalue weighted by molar-refractivity contribution is -0.128. The molecule has 1 aromatic carbocycles. The molecule has 1 amide bonds. The second-order valence-electron chi connectivity index (χ2n) is 9.94. The zero-order valence-corrected chi connectivity index (χ0v) is 22.7. The van der Waals surface area contributed by atoms with Crippen LogP contribution in [0.5, 0.6) is 5.75 Å². The van der Waals surface area contributed by atoms with Crippen molar-refractivity contribution in [2.75, 3.05) is 72.7 Å². The van der Waals surface area contributed by atoms with Crippen molar-refractivity contribution in [2.45, 2.75) is 0 Å². The number of carbonyl (C=O) groups excluding carboxylic acids is 1. The van der Waals surface area contributed by atoms with E-state index in [9.17, 15) is 4.79 Å². The van der Waals surface area contributed by atoms with Crippen molar-refractivity contribution in [3.05, 3.63) is 79.2 Å². The van der Waals surface area contributed by atoms with Crippen LogP contribution in [0.3, 0.4) is 0 Å². The summed E-state index contributed by atoms with van der Waals surface area (Å²) in [7, 11) is 1.67. The predicted molar refractivity (Wildman–Crippen MR) is 156 cm³/mol. The van der Waals surface area contributed by atoms with E-state index in [1.165, 1.54) is 0 Å². The first-order valence-corrected chi connectivity index (χ1v) is 13.5. The predicted octanol–water partition coefficient (Wildman–Crippen LogP) is 3.84. The number of morpholine rings is 1. The number of carbonyl (C=O) groups is 1. The lowest BCUT2D eigenvalue weighted by Gasteiger charge is -2.36. The fraction of sp³-hybridized carbons (Fsp3) is 0.355. The Kier molecular flexibility index (Phi) is 8.56. The number of para-hydroxylation sites is 1. The summed E-state index contributed by atoms with van der Waals surface area (Å²) >= 11 is 0. The first kappa shape index (κ1) is 26.9. The molecule has 2 aliphatic rings. The van der Waals surface area contributed by atoms with E-state index in [2.05, 4.69) is 39.0 Å². The molecule has 8 nitrogen and oxygen atoms in total. The van der Waals surface area contributed by atoms with Crippen molar-refractivity contribution < 1.29 is 14.3 Å². The van der Waals surface area contributed by atoms with Crippen LogP contribution in [0.2, 0.25) is 0 Å². The van der Waals surface area contributed by atoms with Crippen LogP contribution in [0, 0.1) is 0 Å². The first-order chi connectivity index (χ1) is 19.1. The largest absolute Gasteiger partial charge is 0.496 e. The smallest absolute Gasteiger partial charge is 0.253 e. The summed E-state index contributed by atoms with van der Waals surface area (Å²) in [4.78, 5) is 28.0. The molecule has 2 fully saturated rings. The molecule has 0 radical (unpaired) electrons. The van der Waals surface area contributed by atoms with Crippen LogP contribution in [0.1, 0.15) is 5.56 Å². The number of H-pyrrole nitrogens is 1. The van der Waals surface area contributed by atoms with Crippen molar-refractivity contribution in [2.24, 2.45) is 0 Å². The maximum absolute atomic E-state index is 13.4. The molecular weight excluding hydrogens is 490 g/mol. The molecule has 4 heterocycles. The Morgan fingerprint density at radius 2 is 1.79 bits per heavy atom. The number of rotatable bonds is 9. The van der Waals surface area contributed by atoms with E-state index in [1.807, 2.05) is 41.4 Å². The Bertz CT molecular complexity index is 1360. The summed E-state index contributed by atoms with van der Waals surface area (Å²) in [6, 6.07) is 9.96. The zero-order valence-electron chi connectivity index (χ0n) is 22.7. The van der Waals surface area contributed by atoms with Crippen LogP contribution in [0.25, 0.3) is 27.7 Å². The molecule has 0 saturated carbocycles. The molecule has 2 saturated heterocycles. The molecule has 1 N–H and O–H groups in total. The minimum Gasteiger partial charge on any atom is -0.496 e. The minimum absolute atomic E-state index is 0.00984. The molecule has 39 heavy (non-hydrogen) atoms. The van der Waals surface area contributed by atoms with Gasteiger partial charge in [-0.25, -0.2) is 4.98 Å². The van der Waals surface area contributed by atoms with Gasteiger partial charge in [-0.1, -0.05) is 37.4 Å². The summed E-state index contributed by atoms with van der Waals surface area (Å²) in [6.07, 6.45) is 7.17. The number of allylic oxidation sites excluding steroid dienone is 2. The molecule has 204 valence electrons. The Labute approximate surface area is 230 Å². The van der Waals surface area contributed by atoms with Gasteiger partial charge in [0.15, 0.2) is 0 Å². The van der Waals surface area contributed by atoms with Gasteiger partial charge in [0.2, 0.25) is 0 Å². The van der Waals surface area contributed by atoms with Crippen molar-refractivity contribution in [1.82, 2.24) is 24.7 Å². The highest BCUT2D eigenvalue weighted by Gasteiger charge is 2.23. The number of aromatic amines is 1. The maximum atomic E-state index is 13.4. The van der Waals surface area contributed by atoms with E-state index in [0.717, 1.165) is 86.0 Å². The lowest BCUT2D eigenvalue weighted by atomic mass is 10.0. The summed E-state index contributed by atoms with van der Waals surface area (Å²) in [5.74, 6) is 0.785. The van der Waals surface area contributed by atoms with Crippen LogP contribution >= 0.6 is 0 Å². The third-order valence-corrected chi connectivity index (χ3v) is 7.59. The van der Waals surface area contributed by atoms with Gasteiger partial charge in [-0.15, -0.1) is 0 Å². The van der Waals surface area contributed by atoms with Crippen molar-refractivity contribution in [3.63, 3.8) is 0 Å². The molecular formula is C31H37N5O3. The zero-order chi connectivity index (χ0) is 27.2. The van der Waals surface area contributed by atoms with E-state index in [-0.39, 0.29) is 5.91 Å². The number of piperazine rings is 1. The summed E-state index contributed by atoms with van der Waals surface area (Å²) in [5.41, 5.74) is 4.86. The average Bonchev–Trinajstić information content (AvgIpc) is 3.42. The van der Waals surface area contributed by atoms with Gasteiger partial charge in [-0.3, -0.25) is 14.6 Å². The average molecular weight is 528 g/mol. The first-order valence-electron chi connectivity index (χ1n) is 13.5. The number of fused-ring (bicyclic) bond motifs is 1. The number of ether oxygens (including phenoxy) is 2. The Morgan fingerprint density at radius 1 is 1.08 bits per heavy atom. The molecule has 0 spiro atoms. The van der Waals surface area contributed by atoms with E-state index >= 15 is 0 Å². The standard InChI is InChI=1S/C31H37N5O3/c1-4-24(31(37)36-13-11-34(12-14-36)9-10-35-15-17-39-18-16-35)19-23(2)25-20-27-28(22-33-30(27)32-21-25)26-7-5-6-8-29(26)38-3/h4-8,19-22H,1-2,9-18H2,3H3,(H,32,33)/b24-19+. The number of nitrogens with zero attached hydrogens (tertiary/aromatic N) is 4. The Morgan fingerprint density at radius 3 is 2.51 bits per heavy atom. The number of hydrogen-bond donors (Lipinski definition) is 1. The topological polar surface area (TPSA) is 73.9 Å². The maximum Gasteiger partial charge on any atom is 0.253 e. The summed E-state index contributed by atoms with van der Waals surface area (Å²) in [6.45, 7) is 17.1. The van der Waals surface area contributed by atoms with Gasteiger partial charge >= 0.3 is 0 Å². The number of amides is 1. The summed E-state index contributed by atoms with van der Waals surface area (Å²) in [5, 5.41) is 0.964. The molecule has 0 aliphatic carbocycles. The fourth-order valence-electron chi connectivity index (χ4n) is 5.21. The minimum atomic E-state index is -0.00984. The van der Waals surface area contributed by atoms with Crippen LogP contribution in [-0.4, -0.2) is 103 Å². The van der Waals surface area contributed by atoms with E-state index in [4.69, 9.17) is 9.47 Å². The second kappa shape index (κ2) is 12.4. The van der Waals surface area contributed by atoms with Crippen LogP contribution < -0.4 is 4.74 Å². The Hall–Kier alpha value is -3.72. The fourth-order valence-corrected chi connectivity index (χ4v) is 5.21. The van der Waals surface area contributed by atoms with Gasteiger partial charge in [-0.05, 0) is 23.8 Å². The normalized spacial score (nSPS) is 17.4. The molecule has 2 aromatic heterocycles. The number of benzene rings is 1. The molecule has 0 unspecified atom stereocenters. The number of hydrogen-bond acceptors (Lipinski definition) is 6. The highest BCUT2D eigenvalue weighted by Crippen LogP contribution is 2.35. The Balaban J connectivity index is 1.25. The second-order valence-corrected chi connectivity index (χ2v) is 9.94. The number of methoxy groups -OCH3 is 1.